The van der Waals surface area contributed by atoms with Gasteiger partial charge in [-0.05, 0) is 39.5 Å². The Morgan fingerprint density at radius 2 is 1.65 bits per heavy atom. The van der Waals surface area contributed by atoms with Crippen LogP contribution >= 0.6 is 0 Å². The van der Waals surface area contributed by atoms with Gasteiger partial charge in [0.15, 0.2) is 5.96 Å². The summed E-state index contributed by atoms with van der Waals surface area (Å²) in [7, 11) is 0. The predicted octanol–water partition coefficient (Wildman–Crippen LogP) is 3.05. The van der Waals surface area contributed by atoms with E-state index in [-0.39, 0.29) is 5.54 Å². The molecule has 3 heteroatoms. The largest absolute Gasteiger partial charge is 0.370 e. The maximum Gasteiger partial charge on any atom is 0.188 e. The zero-order chi connectivity index (χ0) is 12.7. The van der Waals surface area contributed by atoms with Gasteiger partial charge in [-0.15, -0.1) is 0 Å². The van der Waals surface area contributed by atoms with Crippen molar-refractivity contribution in [2.75, 3.05) is 6.54 Å². The lowest BCUT2D eigenvalue weighted by atomic mass is 9.91. The van der Waals surface area contributed by atoms with Crippen LogP contribution in [0, 0.1) is 5.92 Å². The topological polar surface area (TPSA) is 50.4 Å². The van der Waals surface area contributed by atoms with Gasteiger partial charge in [-0.1, -0.05) is 32.1 Å². The average Bonchev–Trinajstić information content (AvgIpc) is 2.13. The first kappa shape index (κ1) is 14.3. The molecular weight excluding hydrogens is 210 g/mol. The van der Waals surface area contributed by atoms with E-state index >= 15 is 0 Å². The van der Waals surface area contributed by atoms with Crippen LogP contribution in [0.3, 0.4) is 0 Å². The molecule has 0 bridgehead atoms. The maximum atomic E-state index is 5.89. The summed E-state index contributed by atoms with van der Waals surface area (Å²) >= 11 is 0. The van der Waals surface area contributed by atoms with Crippen molar-refractivity contribution in [1.82, 2.24) is 5.32 Å². The number of nitrogens with two attached hydrogens (primary N) is 1. The van der Waals surface area contributed by atoms with Crippen molar-refractivity contribution in [2.24, 2.45) is 16.6 Å². The van der Waals surface area contributed by atoms with Gasteiger partial charge in [0.25, 0.3) is 0 Å². The molecule has 1 aliphatic carbocycles. The number of hydrogen-bond acceptors (Lipinski definition) is 1. The Kier molecular flexibility index (Phi) is 5.79. The Bertz CT molecular complexity index is 232. The molecular formula is C14H29N3. The quantitative estimate of drug-likeness (QED) is 0.575. The number of nitrogens with zero attached hydrogens (tertiary/aromatic N) is 1. The lowest BCUT2D eigenvalue weighted by Gasteiger charge is -2.22. The Hall–Kier alpha value is -0.730. The summed E-state index contributed by atoms with van der Waals surface area (Å²) in [5.41, 5.74) is 5.89. The van der Waals surface area contributed by atoms with Crippen LogP contribution in [0.2, 0.25) is 0 Å². The highest BCUT2D eigenvalue weighted by Crippen LogP contribution is 2.22. The van der Waals surface area contributed by atoms with E-state index in [1.807, 2.05) is 0 Å². The normalized spacial score (nSPS) is 20.8. The molecule has 0 aromatic rings. The van der Waals surface area contributed by atoms with Gasteiger partial charge in [0.2, 0.25) is 0 Å². The molecule has 0 unspecified atom stereocenters. The fourth-order valence-corrected chi connectivity index (χ4v) is 2.37. The first-order valence-corrected chi connectivity index (χ1v) is 7.05. The fourth-order valence-electron chi connectivity index (χ4n) is 2.37. The molecule has 1 saturated carbocycles. The fraction of sp³-hybridized carbons (Fsp3) is 0.929. The molecule has 0 aliphatic heterocycles. The standard InChI is InChI=1S/C14H29N3/c1-14(2,3)17-13(15)16-11-12-9-7-5-4-6-8-10-12/h12H,4-11H2,1-3H3,(H3,15,16,17). The zero-order valence-electron chi connectivity index (χ0n) is 11.8. The van der Waals surface area contributed by atoms with Gasteiger partial charge >= 0.3 is 0 Å². The highest BCUT2D eigenvalue weighted by Gasteiger charge is 2.12. The second kappa shape index (κ2) is 6.87. The van der Waals surface area contributed by atoms with E-state index in [9.17, 15) is 0 Å². The van der Waals surface area contributed by atoms with Crippen molar-refractivity contribution in [2.45, 2.75) is 71.3 Å². The van der Waals surface area contributed by atoms with E-state index in [1.54, 1.807) is 0 Å². The predicted molar refractivity (Wildman–Crippen MR) is 75.2 cm³/mol. The number of guanidine groups is 1. The van der Waals surface area contributed by atoms with E-state index in [2.05, 4.69) is 31.1 Å². The third kappa shape index (κ3) is 7.24. The molecule has 3 nitrogen and oxygen atoms in total. The Labute approximate surface area is 106 Å². The molecule has 0 heterocycles. The van der Waals surface area contributed by atoms with E-state index in [0.29, 0.717) is 5.96 Å². The Balaban J connectivity index is 2.33. The van der Waals surface area contributed by atoms with Crippen molar-refractivity contribution >= 4 is 5.96 Å². The molecule has 1 fully saturated rings. The summed E-state index contributed by atoms with van der Waals surface area (Å²) in [6.07, 6.45) is 9.60. The minimum Gasteiger partial charge on any atom is -0.370 e. The second-order valence-corrected chi connectivity index (χ2v) is 6.31. The Morgan fingerprint density at radius 1 is 1.12 bits per heavy atom. The third-order valence-corrected chi connectivity index (χ3v) is 3.25. The van der Waals surface area contributed by atoms with Gasteiger partial charge < -0.3 is 11.1 Å². The first-order chi connectivity index (χ1) is 7.97. The van der Waals surface area contributed by atoms with Crippen molar-refractivity contribution in [3.05, 3.63) is 0 Å². The van der Waals surface area contributed by atoms with E-state index in [0.717, 1.165) is 12.5 Å². The van der Waals surface area contributed by atoms with Crippen LogP contribution in [0.15, 0.2) is 4.99 Å². The zero-order valence-corrected chi connectivity index (χ0v) is 11.8. The van der Waals surface area contributed by atoms with E-state index in [1.165, 1.54) is 44.9 Å². The molecule has 0 aromatic carbocycles. The minimum absolute atomic E-state index is 0.00845. The van der Waals surface area contributed by atoms with Crippen LogP contribution in [0.1, 0.15) is 65.7 Å². The van der Waals surface area contributed by atoms with E-state index in [4.69, 9.17) is 5.73 Å². The lowest BCUT2D eigenvalue weighted by molar-refractivity contribution is 0.385. The van der Waals surface area contributed by atoms with Gasteiger partial charge in [-0.2, -0.15) is 0 Å². The summed E-state index contributed by atoms with van der Waals surface area (Å²) in [5, 5.41) is 3.21. The number of aliphatic imine (C=N–C) groups is 1. The van der Waals surface area contributed by atoms with Gasteiger partial charge in [-0.3, -0.25) is 4.99 Å². The minimum atomic E-state index is 0.00845. The molecule has 1 aliphatic rings. The van der Waals surface area contributed by atoms with Crippen molar-refractivity contribution in [3.8, 4) is 0 Å². The molecule has 0 aromatic heterocycles. The molecule has 0 spiro atoms. The summed E-state index contributed by atoms with van der Waals surface area (Å²) in [6.45, 7) is 7.20. The highest BCUT2D eigenvalue weighted by molar-refractivity contribution is 5.78. The van der Waals surface area contributed by atoms with Crippen LogP contribution < -0.4 is 11.1 Å². The maximum absolute atomic E-state index is 5.89. The van der Waals surface area contributed by atoms with Crippen LogP contribution in [0.25, 0.3) is 0 Å². The third-order valence-electron chi connectivity index (χ3n) is 3.25. The van der Waals surface area contributed by atoms with Crippen molar-refractivity contribution in [3.63, 3.8) is 0 Å². The highest BCUT2D eigenvalue weighted by atomic mass is 15.1. The van der Waals surface area contributed by atoms with E-state index < -0.39 is 0 Å². The SMILES string of the molecule is CC(C)(C)NC(N)=NCC1CCCCCCC1. The summed E-state index contributed by atoms with van der Waals surface area (Å²) < 4.78 is 0. The van der Waals surface area contributed by atoms with Gasteiger partial charge in [0.05, 0.1) is 0 Å². The monoisotopic (exact) mass is 239 g/mol. The van der Waals surface area contributed by atoms with Crippen LogP contribution in [-0.4, -0.2) is 18.0 Å². The smallest absolute Gasteiger partial charge is 0.188 e. The first-order valence-electron chi connectivity index (χ1n) is 7.05. The average molecular weight is 239 g/mol. The van der Waals surface area contributed by atoms with Crippen molar-refractivity contribution in [1.29, 1.82) is 0 Å². The molecule has 1 rings (SSSR count). The molecule has 0 saturated heterocycles. The van der Waals surface area contributed by atoms with Crippen LogP contribution in [0.5, 0.6) is 0 Å². The molecule has 0 radical (unpaired) electrons. The van der Waals surface area contributed by atoms with Gasteiger partial charge in [-0.25, -0.2) is 0 Å². The molecule has 17 heavy (non-hydrogen) atoms. The molecule has 3 N–H and O–H groups in total. The van der Waals surface area contributed by atoms with Gasteiger partial charge in [0.1, 0.15) is 0 Å². The molecule has 100 valence electrons. The van der Waals surface area contributed by atoms with Crippen LogP contribution in [-0.2, 0) is 0 Å². The summed E-state index contributed by atoms with van der Waals surface area (Å²) in [6, 6.07) is 0. The van der Waals surface area contributed by atoms with Gasteiger partial charge in [0, 0.05) is 12.1 Å². The second-order valence-electron chi connectivity index (χ2n) is 6.31. The number of rotatable bonds is 2. The number of nitrogens with one attached hydrogen (secondary N) is 1. The lowest BCUT2D eigenvalue weighted by Crippen LogP contribution is -2.45. The summed E-state index contributed by atoms with van der Waals surface area (Å²) in [4.78, 5) is 4.49. The van der Waals surface area contributed by atoms with Crippen molar-refractivity contribution < 1.29 is 0 Å². The molecule has 0 atom stereocenters. The summed E-state index contributed by atoms with van der Waals surface area (Å²) in [5.74, 6) is 1.34. The Morgan fingerprint density at radius 3 is 2.18 bits per heavy atom. The molecule has 0 amide bonds. The number of hydrogen-bond donors (Lipinski definition) is 2. The van der Waals surface area contributed by atoms with Crippen LogP contribution in [0.4, 0.5) is 0 Å².